The minimum absolute atomic E-state index is 0. The molecule has 0 aliphatic carbocycles. The summed E-state index contributed by atoms with van der Waals surface area (Å²) >= 11 is 0. The van der Waals surface area contributed by atoms with Crippen LogP contribution in [0.3, 0.4) is 0 Å². The van der Waals surface area contributed by atoms with E-state index in [4.69, 9.17) is 0 Å². The molecule has 0 saturated carbocycles. The van der Waals surface area contributed by atoms with Crippen LogP contribution in [0.1, 0.15) is 26.7 Å². The average molecular weight is 355 g/mol. The van der Waals surface area contributed by atoms with Crippen LogP contribution in [0.25, 0.3) is 0 Å². The van der Waals surface area contributed by atoms with Gasteiger partial charge in [0, 0.05) is 31.2 Å². The highest BCUT2D eigenvalue weighted by molar-refractivity contribution is 7.89. The van der Waals surface area contributed by atoms with Crippen molar-refractivity contribution in [3.05, 3.63) is 54.3 Å². The molecule has 0 bridgehead atoms. The minimum Gasteiger partial charge on any atom is -1.00 e. The van der Waals surface area contributed by atoms with Crippen LogP contribution in [-0.4, -0.2) is 31.8 Å². The molecule has 0 aromatic heterocycles. The van der Waals surface area contributed by atoms with E-state index >= 15 is 0 Å². The molecule has 1 aliphatic heterocycles. The lowest BCUT2D eigenvalue weighted by atomic mass is 10.2. The number of rotatable bonds is 5. The topological polar surface area (TPSA) is 49.2 Å². The predicted molar refractivity (Wildman–Crippen MR) is 89.6 cm³/mol. The van der Waals surface area contributed by atoms with Crippen molar-refractivity contribution < 1.29 is 25.4 Å². The van der Waals surface area contributed by atoms with E-state index in [-0.39, 0.29) is 17.3 Å². The van der Waals surface area contributed by atoms with Gasteiger partial charge in [0.2, 0.25) is 5.71 Å². The normalized spacial score (nSPS) is 14.4. The Morgan fingerprint density at radius 2 is 1.74 bits per heavy atom. The van der Waals surface area contributed by atoms with Crippen LogP contribution < -0.4 is 17.1 Å². The zero-order chi connectivity index (χ0) is 16.0. The van der Waals surface area contributed by atoms with Gasteiger partial charge in [0.05, 0.1) is 4.90 Å². The van der Waals surface area contributed by atoms with Crippen molar-refractivity contribution in [2.24, 2.45) is 0 Å². The Morgan fingerprint density at radius 3 is 2.30 bits per heavy atom. The minimum atomic E-state index is -3.50. The van der Waals surface area contributed by atoms with Gasteiger partial charge in [0.15, 0.2) is 0 Å². The van der Waals surface area contributed by atoms with Crippen molar-refractivity contribution in [1.29, 1.82) is 0 Å². The van der Waals surface area contributed by atoms with Gasteiger partial charge in [-0.1, -0.05) is 23.8 Å². The summed E-state index contributed by atoms with van der Waals surface area (Å²) in [5.74, 6) is 0. The summed E-state index contributed by atoms with van der Waals surface area (Å²) in [6, 6.07) is 8.38. The Hall–Kier alpha value is -1.59. The Morgan fingerprint density at radius 1 is 1.13 bits per heavy atom. The van der Waals surface area contributed by atoms with Crippen molar-refractivity contribution in [3.8, 4) is 0 Å². The van der Waals surface area contributed by atoms with Gasteiger partial charge in [-0.2, -0.15) is 0 Å². The maximum Gasteiger partial charge on any atom is 0.261 e. The van der Waals surface area contributed by atoms with E-state index in [2.05, 4.69) is 15.4 Å². The maximum absolute atomic E-state index is 12.2. The van der Waals surface area contributed by atoms with E-state index in [0.29, 0.717) is 0 Å². The molecule has 1 heterocycles. The fourth-order valence-electron chi connectivity index (χ4n) is 2.39. The standard InChI is InChI=1S/C17H22N2O2S.ClH/c1-15(2)14-16(19-12-6-7-13-19)10-11-18-22(20,21)17-8-4-3-5-9-17;/h3-5,8-11,14H,6-7,12-13H2,1-2H3;1H. The number of allylic oxidation sites excluding steroid dienone is 3. The van der Waals surface area contributed by atoms with Gasteiger partial charge in [-0.05, 0) is 26.0 Å². The molecule has 0 unspecified atom stereocenters. The molecule has 1 aromatic rings. The van der Waals surface area contributed by atoms with Crippen molar-refractivity contribution in [2.75, 3.05) is 13.1 Å². The first-order chi connectivity index (χ1) is 10.5. The Bertz CT molecular complexity index is 695. The molecule has 0 radical (unpaired) electrons. The molecule has 1 saturated heterocycles. The Balaban J connectivity index is 0.00000264. The molecule has 1 aliphatic rings. The number of hydrogen-bond donors (Lipinski definition) is 1. The van der Waals surface area contributed by atoms with Crippen LogP contribution in [-0.2, 0) is 10.0 Å². The summed E-state index contributed by atoms with van der Waals surface area (Å²) in [6.07, 6.45) is 7.79. The molecule has 6 heteroatoms. The highest BCUT2D eigenvalue weighted by Gasteiger charge is 2.17. The molecule has 0 amide bonds. The van der Waals surface area contributed by atoms with Crippen LogP contribution in [0.5, 0.6) is 0 Å². The van der Waals surface area contributed by atoms with Gasteiger partial charge >= 0.3 is 0 Å². The third kappa shape index (κ3) is 5.84. The smallest absolute Gasteiger partial charge is 0.261 e. The van der Waals surface area contributed by atoms with Gasteiger partial charge in [0.1, 0.15) is 13.1 Å². The lowest BCUT2D eigenvalue weighted by molar-refractivity contribution is -0.504. The lowest BCUT2D eigenvalue weighted by Crippen LogP contribution is -3.00. The number of halogens is 1. The summed E-state index contributed by atoms with van der Waals surface area (Å²) in [6.45, 7) is 6.12. The Kier molecular flexibility index (Phi) is 7.52. The van der Waals surface area contributed by atoms with Gasteiger partial charge in [-0.3, -0.25) is 4.72 Å². The van der Waals surface area contributed by atoms with Crippen molar-refractivity contribution in [2.45, 2.75) is 31.6 Å². The van der Waals surface area contributed by atoms with Crippen LogP contribution in [0.15, 0.2) is 59.2 Å². The van der Waals surface area contributed by atoms with Crippen LogP contribution >= 0.6 is 0 Å². The maximum atomic E-state index is 12.2. The van der Waals surface area contributed by atoms with Gasteiger partial charge in [0.25, 0.3) is 10.0 Å². The number of benzene rings is 1. The molecule has 2 rings (SSSR count). The van der Waals surface area contributed by atoms with Crippen molar-refractivity contribution in [1.82, 2.24) is 4.72 Å². The second kappa shape index (κ2) is 8.89. The molecule has 126 valence electrons. The summed E-state index contributed by atoms with van der Waals surface area (Å²) in [4.78, 5) is 0.268. The number of nitrogens with one attached hydrogen (secondary N) is 1. The lowest BCUT2D eigenvalue weighted by Gasteiger charge is -2.03. The summed E-state index contributed by atoms with van der Waals surface area (Å²) < 4.78 is 29.1. The first-order valence-corrected chi connectivity index (χ1v) is 8.98. The van der Waals surface area contributed by atoms with E-state index in [1.165, 1.54) is 24.6 Å². The van der Waals surface area contributed by atoms with Crippen LogP contribution in [0.2, 0.25) is 0 Å². The largest absolute Gasteiger partial charge is 1.00 e. The van der Waals surface area contributed by atoms with E-state index in [1.54, 1.807) is 30.3 Å². The molecule has 23 heavy (non-hydrogen) atoms. The molecule has 1 N–H and O–H groups in total. The molecule has 0 spiro atoms. The first-order valence-electron chi connectivity index (χ1n) is 7.50. The molecular weight excluding hydrogens is 332 g/mol. The molecule has 0 atom stereocenters. The SMILES string of the molecule is CC(C)=CC(/C=C\NS(=O)(=O)c1ccccc1)=[N+]1CCCC1.[Cl-]. The van der Waals surface area contributed by atoms with E-state index < -0.39 is 10.0 Å². The summed E-state index contributed by atoms with van der Waals surface area (Å²) in [5, 5.41) is 0. The fourth-order valence-corrected chi connectivity index (χ4v) is 3.29. The van der Waals surface area contributed by atoms with Crippen LogP contribution in [0.4, 0.5) is 0 Å². The molecular formula is C17H23ClN2O2S. The third-order valence-corrected chi connectivity index (χ3v) is 4.78. The second-order valence-corrected chi connectivity index (χ2v) is 7.32. The monoisotopic (exact) mass is 354 g/mol. The highest BCUT2D eigenvalue weighted by Crippen LogP contribution is 2.08. The van der Waals surface area contributed by atoms with Gasteiger partial charge in [-0.25, -0.2) is 13.0 Å². The zero-order valence-corrected chi connectivity index (χ0v) is 15.1. The van der Waals surface area contributed by atoms with Gasteiger partial charge in [-0.15, -0.1) is 0 Å². The quantitative estimate of drug-likeness (QED) is 0.738. The second-order valence-electron chi connectivity index (χ2n) is 5.61. The highest BCUT2D eigenvalue weighted by atomic mass is 35.5. The van der Waals surface area contributed by atoms with E-state index in [1.807, 2.05) is 19.9 Å². The Labute approximate surface area is 145 Å². The molecule has 1 fully saturated rings. The first kappa shape index (κ1) is 19.5. The summed E-state index contributed by atoms with van der Waals surface area (Å²) in [7, 11) is -3.50. The predicted octanol–water partition coefficient (Wildman–Crippen LogP) is -0.304. The van der Waals surface area contributed by atoms with Crippen molar-refractivity contribution >= 4 is 15.7 Å². The van der Waals surface area contributed by atoms with Crippen LogP contribution in [0, 0.1) is 0 Å². The fraction of sp³-hybridized carbons (Fsp3) is 0.353. The molecule has 1 aromatic carbocycles. The average Bonchev–Trinajstić information content (AvgIpc) is 3.01. The number of nitrogens with zero attached hydrogens (tertiary/aromatic N) is 1. The summed E-state index contributed by atoms with van der Waals surface area (Å²) in [5.41, 5.74) is 2.24. The third-order valence-electron chi connectivity index (χ3n) is 3.44. The zero-order valence-electron chi connectivity index (χ0n) is 13.5. The van der Waals surface area contributed by atoms with Crippen molar-refractivity contribution in [3.63, 3.8) is 0 Å². The van der Waals surface area contributed by atoms with E-state index in [9.17, 15) is 8.42 Å². The van der Waals surface area contributed by atoms with Gasteiger partial charge < -0.3 is 12.4 Å². The number of hydrogen-bond acceptors (Lipinski definition) is 2. The number of sulfonamides is 1. The molecule has 4 nitrogen and oxygen atoms in total. The van der Waals surface area contributed by atoms with E-state index in [0.717, 1.165) is 18.8 Å².